The summed E-state index contributed by atoms with van der Waals surface area (Å²) in [6, 6.07) is 0. The smallest absolute Gasteiger partial charge is 0.341 e. The number of aliphatic hydroxyl groups is 1. The van der Waals surface area contributed by atoms with E-state index in [2.05, 4.69) is 12.0 Å². The molecule has 0 bridgehead atoms. The molecule has 1 heterocycles. The molecule has 1 N–H and O–H groups in total. The molecule has 18 heavy (non-hydrogen) atoms. The van der Waals surface area contributed by atoms with E-state index < -0.39 is 0 Å². The number of aryl methyl sites for hydroxylation is 1. The quantitative estimate of drug-likeness (QED) is 0.764. The maximum atomic E-state index is 11.7. The molecule has 0 aliphatic rings. The van der Waals surface area contributed by atoms with Crippen LogP contribution in [0.25, 0.3) is 0 Å². The second-order valence-electron chi connectivity index (χ2n) is 3.98. The molecule has 0 amide bonds. The summed E-state index contributed by atoms with van der Waals surface area (Å²) in [5.41, 5.74) is 1.39. The fourth-order valence-electron chi connectivity index (χ4n) is 1.50. The van der Waals surface area contributed by atoms with Gasteiger partial charge in [-0.15, -0.1) is 0 Å². The third-order valence-electron chi connectivity index (χ3n) is 2.60. The van der Waals surface area contributed by atoms with E-state index in [4.69, 9.17) is 9.84 Å². The van der Waals surface area contributed by atoms with E-state index in [0.717, 1.165) is 12.1 Å². The van der Waals surface area contributed by atoms with Crippen LogP contribution < -0.4 is 0 Å². The lowest BCUT2D eigenvalue weighted by Crippen LogP contribution is -2.09. The van der Waals surface area contributed by atoms with Crippen LogP contribution in [-0.2, 0) is 17.5 Å². The van der Waals surface area contributed by atoms with Crippen molar-refractivity contribution in [2.75, 3.05) is 13.2 Å². The van der Waals surface area contributed by atoms with Gasteiger partial charge in [-0.05, 0) is 13.3 Å². The van der Waals surface area contributed by atoms with Crippen molar-refractivity contribution < 1.29 is 14.6 Å². The van der Waals surface area contributed by atoms with Gasteiger partial charge in [0.05, 0.1) is 18.5 Å². The Morgan fingerprint density at radius 1 is 1.67 bits per heavy atom. The van der Waals surface area contributed by atoms with Crippen molar-refractivity contribution in [1.29, 1.82) is 0 Å². The summed E-state index contributed by atoms with van der Waals surface area (Å²) in [4.78, 5) is 11.7. The normalized spacial score (nSPS) is 12.4. The van der Waals surface area contributed by atoms with E-state index in [0.29, 0.717) is 23.2 Å². The molecule has 1 aromatic heterocycles. The summed E-state index contributed by atoms with van der Waals surface area (Å²) in [7, 11) is 1.81. The highest BCUT2D eigenvalue weighted by molar-refractivity contribution is 7.99. The summed E-state index contributed by atoms with van der Waals surface area (Å²) < 4.78 is 6.69. The number of carbonyl (C=O) groups excluding carboxylic acids is 1. The van der Waals surface area contributed by atoms with Gasteiger partial charge in [-0.3, -0.25) is 4.68 Å². The number of ether oxygens (including phenoxy) is 1. The minimum atomic E-state index is -0.323. The van der Waals surface area contributed by atoms with E-state index in [1.807, 2.05) is 7.05 Å². The van der Waals surface area contributed by atoms with Crippen molar-refractivity contribution in [2.45, 2.75) is 31.3 Å². The molecule has 1 unspecified atom stereocenters. The van der Waals surface area contributed by atoms with Crippen LogP contribution in [0.3, 0.4) is 0 Å². The number of carbonyl (C=O) groups is 1. The first-order chi connectivity index (χ1) is 8.60. The Hall–Kier alpha value is -1.01. The Kier molecular flexibility index (Phi) is 6.21. The van der Waals surface area contributed by atoms with Gasteiger partial charge in [-0.25, -0.2) is 4.79 Å². The van der Waals surface area contributed by atoms with Crippen LogP contribution in [0.15, 0.2) is 6.20 Å². The standard InChI is InChI=1S/C12H20N2O3S/c1-4-17-12(16)10-7-13-14(3)11(10)8-18-9(2)5-6-15/h7,9,15H,4-6,8H2,1-3H3. The first-order valence-electron chi connectivity index (χ1n) is 6.00. The highest BCUT2D eigenvalue weighted by Crippen LogP contribution is 2.22. The van der Waals surface area contributed by atoms with Gasteiger partial charge in [0.2, 0.25) is 0 Å². The van der Waals surface area contributed by atoms with Crippen LogP contribution >= 0.6 is 11.8 Å². The van der Waals surface area contributed by atoms with Gasteiger partial charge < -0.3 is 9.84 Å². The Morgan fingerprint density at radius 2 is 2.39 bits per heavy atom. The number of aromatic nitrogens is 2. The molecule has 6 heteroatoms. The predicted octanol–water partition coefficient (Wildman–Crippen LogP) is 1.60. The lowest BCUT2D eigenvalue weighted by atomic mass is 10.3. The first kappa shape index (κ1) is 15.0. The zero-order valence-corrected chi connectivity index (χ0v) is 11.9. The van der Waals surface area contributed by atoms with Crippen molar-refractivity contribution in [1.82, 2.24) is 9.78 Å². The molecule has 0 aliphatic carbocycles. The largest absolute Gasteiger partial charge is 0.462 e. The molecule has 1 aromatic rings. The third-order valence-corrected chi connectivity index (χ3v) is 3.84. The van der Waals surface area contributed by atoms with Crippen molar-refractivity contribution in [2.24, 2.45) is 7.05 Å². The average molecular weight is 272 g/mol. The Bertz CT molecular complexity index is 393. The molecule has 5 nitrogen and oxygen atoms in total. The first-order valence-corrected chi connectivity index (χ1v) is 7.05. The van der Waals surface area contributed by atoms with E-state index >= 15 is 0 Å². The molecule has 102 valence electrons. The Balaban J connectivity index is 2.69. The van der Waals surface area contributed by atoms with Crippen molar-refractivity contribution >= 4 is 17.7 Å². The van der Waals surface area contributed by atoms with Gasteiger partial charge in [0.25, 0.3) is 0 Å². The molecule has 1 rings (SSSR count). The minimum absolute atomic E-state index is 0.185. The van der Waals surface area contributed by atoms with E-state index in [1.54, 1.807) is 29.6 Å². The number of rotatable bonds is 7. The van der Waals surface area contributed by atoms with Gasteiger partial charge in [-0.1, -0.05) is 6.92 Å². The molecule has 0 saturated carbocycles. The zero-order chi connectivity index (χ0) is 13.5. The lowest BCUT2D eigenvalue weighted by Gasteiger charge is -2.10. The van der Waals surface area contributed by atoms with Gasteiger partial charge in [0.15, 0.2) is 0 Å². The Labute approximate surface area is 112 Å². The van der Waals surface area contributed by atoms with E-state index in [-0.39, 0.29) is 12.6 Å². The van der Waals surface area contributed by atoms with Crippen molar-refractivity contribution in [3.05, 3.63) is 17.5 Å². The van der Waals surface area contributed by atoms with Crippen LogP contribution in [-0.4, -0.2) is 39.3 Å². The second-order valence-corrected chi connectivity index (χ2v) is 5.41. The third kappa shape index (κ3) is 4.03. The zero-order valence-electron chi connectivity index (χ0n) is 11.0. The lowest BCUT2D eigenvalue weighted by molar-refractivity contribution is 0.0525. The van der Waals surface area contributed by atoms with Crippen molar-refractivity contribution in [3.8, 4) is 0 Å². The summed E-state index contributed by atoms with van der Waals surface area (Å²) in [6.07, 6.45) is 2.29. The highest BCUT2D eigenvalue weighted by Gasteiger charge is 2.17. The average Bonchev–Trinajstić information content (AvgIpc) is 2.69. The van der Waals surface area contributed by atoms with Crippen LogP contribution in [0.2, 0.25) is 0 Å². The molecule has 0 aromatic carbocycles. The fourth-order valence-corrected chi connectivity index (χ4v) is 2.56. The Morgan fingerprint density at radius 3 is 3.00 bits per heavy atom. The SMILES string of the molecule is CCOC(=O)c1cnn(C)c1CSC(C)CCO. The second kappa shape index (κ2) is 7.43. The summed E-state index contributed by atoms with van der Waals surface area (Å²) in [5, 5.41) is 13.3. The summed E-state index contributed by atoms with van der Waals surface area (Å²) >= 11 is 1.69. The highest BCUT2D eigenvalue weighted by atomic mass is 32.2. The molecule has 0 spiro atoms. The van der Waals surface area contributed by atoms with Crippen LogP contribution in [0.4, 0.5) is 0 Å². The number of hydrogen-bond acceptors (Lipinski definition) is 5. The van der Waals surface area contributed by atoms with E-state index in [9.17, 15) is 4.79 Å². The van der Waals surface area contributed by atoms with E-state index in [1.165, 1.54) is 0 Å². The predicted molar refractivity (Wildman–Crippen MR) is 71.6 cm³/mol. The number of nitrogens with zero attached hydrogens (tertiary/aromatic N) is 2. The molecule has 0 aliphatic heterocycles. The van der Waals surface area contributed by atoms with Gasteiger partial charge in [0.1, 0.15) is 5.56 Å². The monoisotopic (exact) mass is 272 g/mol. The van der Waals surface area contributed by atoms with Crippen molar-refractivity contribution in [3.63, 3.8) is 0 Å². The minimum Gasteiger partial charge on any atom is -0.462 e. The summed E-state index contributed by atoms with van der Waals surface area (Å²) in [5.74, 6) is 0.363. The molecule has 0 radical (unpaired) electrons. The maximum Gasteiger partial charge on any atom is 0.341 e. The fraction of sp³-hybridized carbons (Fsp3) is 0.667. The number of esters is 1. The molecule has 1 atom stereocenters. The molecular weight excluding hydrogens is 252 g/mol. The number of aliphatic hydroxyl groups excluding tert-OH is 1. The maximum absolute atomic E-state index is 11.7. The van der Waals surface area contributed by atoms with Gasteiger partial charge in [0, 0.05) is 24.7 Å². The van der Waals surface area contributed by atoms with Crippen LogP contribution in [0.5, 0.6) is 0 Å². The molecular formula is C12H20N2O3S. The van der Waals surface area contributed by atoms with Crippen LogP contribution in [0.1, 0.15) is 36.3 Å². The van der Waals surface area contributed by atoms with Crippen LogP contribution in [0, 0.1) is 0 Å². The summed E-state index contributed by atoms with van der Waals surface area (Å²) in [6.45, 7) is 4.39. The molecule has 0 saturated heterocycles. The van der Waals surface area contributed by atoms with Gasteiger partial charge in [-0.2, -0.15) is 16.9 Å². The topological polar surface area (TPSA) is 64.3 Å². The number of thioether (sulfide) groups is 1. The number of hydrogen-bond donors (Lipinski definition) is 1. The molecule has 0 fully saturated rings. The van der Waals surface area contributed by atoms with Gasteiger partial charge >= 0.3 is 5.97 Å².